The monoisotopic (exact) mass is 328 g/mol. The molecule has 6 nitrogen and oxygen atoms in total. The maximum absolute atomic E-state index is 12.2. The van der Waals surface area contributed by atoms with Crippen LogP contribution in [0.25, 0.3) is 0 Å². The van der Waals surface area contributed by atoms with Crippen molar-refractivity contribution in [2.45, 2.75) is 4.90 Å². The summed E-state index contributed by atoms with van der Waals surface area (Å²) >= 11 is 10.8. The summed E-state index contributed by atoms with van der Waals surface area (Å²) in [4.78, 5) is 7.49. The molecule has 0 atom stereocenters. The first kappa shape index (κ1) is 14.6. The van der Waals surface area contributed by atoms with Crippen LogP contribution in [0.15, 0.2) is 41.8 Å². The van der Waals surface area contributed by atoms with Crippen molar-refractivity contribution >= 4 is 44.5 Å². The standard InChI is InChI=1S/C11H9ClN4O2S2/c12-9-3-7(11(13)19)1-2-10(9)20(17,18)16-8-4-14-6-15-5-8/h1-6,16H,(H2,13,19). The lowest BCUT2D eigenvalue weighted by atomic mass is 10.2. The number of aromatic nitrogens is 2. The fraction of sp³-hybridized carbons (Fsp3) is 0. The fourth-order valence-corrected chi connectivity index (χ4v) is 3.13. The maximum Gasteiger partial charge on any atom is 0.263 e. The van der Waals surface area contributed by atoms with Crippen molar-refractivity contribution in [1.29, 1.82) is 0 Å². The fourth-order valence-electron chi connectivity index (χ4n) is 1.43. The average molecular weight is 329 g/mol. The number of thiocarbonyl (C=S) groups is 1. The molecule has 1 aromatic heterocycles. The molecule has 0 bridgehead atoms. The van der Waals surface area contributed by atoms with Gasteiger partial charge in [-0.25, -0.2) is 18.4 Å². The molecule has 0 aliphatic carbocycles. The molecule has 0 saturated carbocycles. The summed E-state index contributed by atoms with van der Waals surface area (Å²) in [5, 5.41) is 0.0275. The minimum absolute atomic E-state index is 0.0275. The minimum Gasteiger partial charge on any atom is -0.389 e. The quantitative estimate of drug-likeness (QED) is 0.827. The molecule has 2 rings (SSSR count). The number of sulfonamides is 1. The van der Waals surface area contributed by atoms with E-state index in [0.717, 1.165) is 0 Å². The lowest BCUT2D eigenvalue weighted by Gasteiger charge is -2.09. The molecule has 0 radical (unpaired) electrons. The summed E-state index contributed by atoms with van der Waals surface area (Å²) in [5.74, 6) is 0. The van der Waals surface area contributed by atoms with E-state index in [1.165, 1.54) is 36.9 Å². The molecule has 0 aliphatic rings. The summed E-state index contributed by atoms with van der Waals surface area (Å²) in [7, 11) is -3.83. The Morgan fingerprint density at radius 1 is 1.30 bits per heavy atom. The highest BCUT2D eigenvalue weighted by molar-refractivity contribution is 7.92. The number of nitrogens with zero attached hydrogens (tertiary/aromatic N) is 2. The zero-order valence-electron chi connectivity index (χ0n) is 9.95. The summed E-state index contributed by atoms with van der Waals surface area (Å²) in [6, 6.07) is 4.23. The molecule has 0 spiro atoms. The number of rotatable bonds is 4. The lowest BCUT2D eigenvalue weighted by Crippen LogP contribution is -2.15. The van der Waals surface area contributed by atoms with Crippen LogP contribution < -0.4 is 10.5 Å². The van der Waals surface area contributed by atoms with Crippen LogP contribution in [0.4, 0.5) is 5.69 Å². The van der Waals surface area contributed by atoms with Crippen molar-refractivity contribution in [2.75, 3.05) is 4.72 Å². The van der Waals surface area contributed by atoms with Crippen LogP contribution in [0.3, 0.4) is 0 Å². The van der Waals surface area contributed by atoms with E-state index in [1.807, 2.05) is 0 Å². The second kappa shape index (κ2) is 5.70. The largest absolute Gasteiger partial charge is 0.389 e. The molecule has 20 heavy (non-hydrogen) atoms. The molecular weight excluding hydrogens is 320 g/mol. The SMILES string of the molecule is NC(=S)c1ccc(S(=O)(=O)Nc2cncnc2)c(Cl)c1. The van der Waals surface area contributed by atoms with E-state index in [1.54, 1.807) is 0 Å². The van der Waals surface area contributed by atoms with Crippen molar-refractivity contribution in [3.63, 3.8) is 0 Å². The Bertz CT molecular complexity index is 750. The first-order valence-electron chi connectivity index (χ1n) is 5.27. The van der Waals surface area contributed by atoms with Gasteiger partial charge in [-0.1, -0.05) is 29.9 Å². The maximum atomic E-state index is 12.2. The van der Waals surface area contributed by atoms with E-state index in [0.29, 0.717) is 5.56 Å². The zero-order chi connectivity index (χ0) is 14.8. The number of anilines is 1. The smallest absolute Gasteiger partial charge is 0.263 e. The first-order valence-corrected chi connectivity index (χ1v) is 7.54. The Balaban J connectivity index is 2.37. The van der Waals surface area contributed by atoms with Crippen LogP contribution >= 0.6 is 23.8 Å². The molecular formula is C11H9ClN4O2S2. The highest BCUT2D eigenvalue weighted by Crippen LogP contribution is 2.24. The number of halogens is 1. The normalized spacial score (nSPS) is 11.1. The van der Waals surface area contributed by atoms with Gasteiger partial charge in [0.05, 0.1) is 23.1 Å². The molecule has 0 fully saturated rings. The van der Waals surface area contributed by atoms with Crippen molar-refractivity contribution in [3.8, 4) is 0 Å². The highest BCUT2D eigenvalue weighted by Gasteiger charge is 2.18. The Morgan fingerprint density at radius 2 is 1.95 bits per heavy atom. The van der Waals surface area contributed by atoms with Crippen molar-refractivity contribution in [3.05, 3.63) is 47.5 Å². The third kappa shape index (κ3) is 3.21. The summed E-state index contributed by atoms with van der Waals surface area (Å²) in [5.41, 5.74) is 6.19. The third-order valence-electron chi connectivity index (χ3n) is 2.32. The van der Waals surface area contributed by atoms with Crippen molar-refractivity contribution in [1.82, 2.24) is 9.97 Å². The van der Waals surface area contributed by atoms with E-state index in [9.17, 15) is 8.42 Å². The van der Waals surface area contributed by atoms with Gasteiger partial charge in [-0.05, 0) is 12.1 Å². The lowest BCUT2D eigenvalue weighted by molar-refractivity contribution is 0.601. The van der Waals surface area contributed by atoms with Gasteiger partial charge in [0.15, 0.2) is 0 Å². The Labute approximate surface area is 126 Å². The minimum atomic E-state index is -3.83. The molecule has 0 unspecified atom stereocenters. The number of benzene rings is 1. The molecule has 104 valence electrons. The predicted octanol–water partition coefficient (Wildman–Crippen LogP) is 1.57. The Hall–Kier alpha value is -1.77. The number of hydrogen-bond acceptors (Lipinski definition) is 5. The summed E-state index contributed by atoms with van der Waals surface area (Å²) < 4.78 is 26.7. The van der Waals surface area contributed by atoms with Crippen LogP contribution in [0, 0.1) is 0 Å². The summed E-state index contributed by atoms with van der Waals surface area (Å²) in [6.45, 7) is 0. The van der Waals surface area contributed by atoms with Crippen molar-refractivity contribution in [2.24, 2.45) is 5.73 Å². The van der Waals surface area contributed by atoms with Gasteiger partial charge >= 0.3 is 0 Å². The second-order valence-electron chi connectivity index (χ2n) is 3.74. The molecule has 3 N–H and O–H groups in total. The molecule has 0 aliphatic heterocycles. The van der Waals surface area contributed by atoms with Gasteiger partial charge in [0.2, 0.25) is 0 Å². The highest BCUT2D eigenvalue weighted by atomic mass is 35.5. The van der Waals surface area contributed by atoms with E-state index >= 15 is 0 Å². The van der Waals surface area contributed by atoms with Crippen LogP contribution in [0.2, 0.25) is 5.02 Å². The van der Waals surface area contributed by atoms with E-state index < -0.39 is 10.0 Å². The van der Waals surface area contributed by atoms with Gasteiger partial charge in [0.25, 0.3) is 10.0 Å². The van der Waals surface area contributed by atoms with Gasteiger partial charge < -0.3 is 5.73 Å². The first-order chi connectivity index (χ1) is 9.40. The van der Waals surface area contributed by atoms with Gasteiger partial charge in [-0.3, -0.25) is 4.72 Å². The molecule has 0 amide bonds. The van der Waals surface area contributed by atoms with E-state index in [2.05, 4.69) is 14.7 Å². The van der Waals surface area contributed by atoms with Crippen molar-refractivity contribution < 1.29 is 8.42 Å². The summed E-state index contributed by atoms with van der Waals surface area (Å²) in [6.07, 6.45) is 3.96. The number of hydrogen-bond donors (Lipinski definition) is 2. The van der Waals surface area contributed by atoms with Gasteiger partial charge in [-0.2, -0.15) is 0 Å². The molecule has 1 aromatic carbocycles. The van der Waals surface area contributed by atoms with Crippen LogP contribution in [0.1, 0.15) is 5.56 Å². The Kier molecular flexibility index (Phi) is 4.17. The topological polar surface area (TPSA) is 98.0 Å². The average Bonchev–Trinajstić information content (AvgIpc) is 2.38. The second-order valence-corrected chi connectivity index (χ2v) is 6.24. The van der Waals surface area contributed by atoms with E-state index in [-0.39, 0.29) is 20.6 Å². The number of nitrogens with one attached hydrogen (secondary N) is 1. The molecule has 1 heterocycles. The molecule has 2 aromatic rings. The predicted molar refractivity (Wildman–Crippen MR) is 80.2 cm³/mol. The Morgan fingerprint density at radius 3 is 2.50 bits per heavy atom. The third-order valence-corrected chi connectivity index (χ3v) is 4.42. The molecule has 0 saturated heterocycles. The van der Waals surface area contributed by atoms with Crippen LogP contribution in [-0.2, 0) is 10.0 Å². The number of nitrogens with two attached hydrogens (primary N) is 1. The van der Waals surface area contributed by atoms with E-state index in [4.69, 9.17) is 29.6 Å². The van der Waals surface area contributed by atoms with Gasteiger partial charge in [0, 0.05) is 5.56 Å². The molecule has 9 heteroatoms. The zero-order valence-corrected chi connectivity index (χ0v) is 12.3. The van der Waals surface area contributed by atoms with Gasteiger partial charge in [0.1, 0.15) is 16.2 Å². The van der Waals surface area contributed by atoms with Crippen LogP contribution in [-0.4, -0.2) is 23.4 Å². The van der Waals surface area contributed by atoms with Gasteiger partial charge in [-0.15, -0.1) is 0 Å². The van der Waals surface area contributed by atoms with Crippen LogP contribution in [0.5, 0.6) is 0 Å².